The Morgan fingerprint density at radius 2 is 2.04 bits per heavy atom. The Labute approximate surface area is 152 Å². The first-order chi connectivity index (χ1) is 11.1. The molecule has 1 aliphatic rings. The van der Waals surface area contributed by atoms with E-state index in [1.165, 1.54) is 0 Å². The number of ether oxygens (including phenoxy) is 1. The maximum absolute atomic E-state index is 12.1. The first kappa shape index (κ1) is 19.0. The number of nitrogens with zero attached hydrogens (tertiary/aromatic N) is 3. The van der Waals surface area contributed by atoms with Crippen molar-refractivity contribution in [3.8, 4) is 0 Å². The van der Waals surface area contributed by atoms with Gasteiger partial charge in [-0.2, -0.15) is 0 Å². The highest BCUT2D eigenvalue weighted by Gasteiger charge is 2.39. The normalized spacial score (nSPS) is 16.8. The number of alkyl carbamates (subject to hydrolysis) is 1. The fraction of sp³-hybridized carbons (Fsp3) is 0.706. The van der Waals surface area contributed by atoms with Gasteiger partial charge in [0.15, 0.2) is 0 Å². The second-order valence-electron chi connectivity index (χ2n) is 7.43. The summed E-state index contributed by atoms with van der Waals surface area (Å²) in [5, 5.41) is 2.95. The predicted molar refractivity (Wildman–Crippen MR) is 98.3 cm³/mol. The van der Waals surface area contributed by atoms with E-state index in [4.69, 9.17) is 4.74 Å². The van der Waals surface area contributed by atoms with Crippen LogP contribution in [0.2, 0.25) is 0 Å². The smallest absolute Gasteiger partial charge is 0.407 e. The lowest BCUT2D eigenvalue weighted by Gasteiger charge is -2.40. The Balaban J connectivity index is 2.15. The van der Waals surface area contributed by atoms with Crippen LogP contribution in [0.5, 0.6) is 0 Å². The van der Waals surface area contributed by atoms with Crippen LogP contribution >= 0.6 is 15.9 Å². The Kier molecular flexibility index (Phi) is 5.73. The largest absolute Gasteiger partial charge is 0.444 e. The maximum Gasteiger partial charge on any atom is 0.407 e. The van der Waals surface area contributed by atoms with Crippen molar-refractivity contribution in [1.29, 1.82) is 0 Å². The molecule has 1 heterocycles. The zero-order valence-electron chi connectivity index (χ0n) is 15.1. The van der Waals surface area contributed by atoms with Gasteiger partial charge < -0.3 is 15.0 Å². The van der Waals surface area contributed by atoms with Crippen molar-refractivity contribution in [2.24, 2.45) is 0 Å². The molecule has 134 valence electrons. The Morgan fingerprint density at radius 3 is 2.62 bits per heavy atom. The van der Waals surface area contributed by atoms with E-state index in [9.17, 15) is 4.79 Å². The van der Waals surface area contributed by atoms with Gasteiger partial charge in [0.2, 0.25) is 0 Å². The quantitative estimate of drug-likeness (QED) is 0.834. The number of rotatable bonds is 4. The predicted octanol–water partition coefficient (Wildman–Crippen LogP) is 3.82. The fourth-order valence-electron chi connectivity index (χ4n) is 3.12. The highest BCUT2D eigenvalue weighted by molar-refractivity contribution is 9.10. The monoisotopic (exact) mass is 398 g/mol. The third kappa shape index (κ3) is 4.59. The molecule has 6 nitrogen and oxygen atoms in total. The minimum atomic E-state index is -0.494. The van der Waals surface area contributed by atoms with E-state index in [1.54, 1.807) is 6.20 Å². The summed E-state index contributed by atoms with van der Waals surface area (Å²) in [6, 6.07) is 0. The molecule has 1 amide bonds. The number of halogens is 1. The molecule has 1 fully saturated rings. The van der Waals surface area contributed by atoms with Gasteiger partial charge in [-0.15, -0.1) is 0 Å². The third-order valence-electron chi connectivity index (χ3n) is 4.37. The molecule has 0 atom stereocenters. The highest BCUT2D eigenvalue weighted by atomic mass is 79.9. The van der Waals surface area contributed by atoms with Crippen molar-refractivity contribution in [2.75, 3.05) is 18.5 Å². The van der Waals surface area contributed by atoms with E-state index in [0.717, 1.165) is 41.8 Å². The molecule has 1 aliphatic carbocycles. The summed E-state index contributed by atoms with van der Waals surface area (Å²) in [5.74, 6) is 1.59. The summed E-state index contributed by atoms with van der Waals surface area (Å²) in [6.07, 6.45) is 5.70. The molecule has 0 spiro atoms. The van der Waals surface area contributed by atoms with Gasteiger partial charge in [0.05, 0.1) is 10.0 Å². The van der Waals surface area contributed by atoms with Gasteiger partial charge in [-0.1, -0.05) is 12.8 Å². The first-order valence-electron chi connectivity index (χ1n) is 8.33. The first-order valence-corrected chi connectivity index (χ1v) is 9.12. The fourth-order valence-corrected chi connectivity index (χ4v) is 3.57. The van der Waals surface area contributed by atoms with Gasteiger partial charge in [-0.3, -0.25) is 0 Å². The lowest BCUT2D eigenvalue weighted by atomic mass is 9.95. The van der Waals surface area contributed by atoms with Crippen molar-refractivity contribution < 1.29 is 9.53 Å². The number of nitrogens with one attached hydrogen (secondary N) is 1. The van der Waals surface area contributed by atoms with Crippen LogP contribution in [-0.4, -0.2) is 40.8 Å². The Bertz CT molecular complexity index is 595. The number of anilines is 1. The molecule has 24 heavy (non-hydrogen) atoms. The Morgan fingerprint density at radius 1 is 1.42 bits per heavy atom. The number of aromatic nitrogens is 2. The summed E-state index contributed by atoms with van der Waals surface area (Å²) in [5.41, 5.74) is -0.647. The minimum absolute atomic E-state index is 0.153. The molecule has 1 aromatic rings. The SMILES string of the molecule is Cc1ncc(Br)c(N(C)C2(CNC(=O)OC(C)(C)C)CCCC2)n1. The van der Waals surface area contributed by atoms with E-state index < -0.39 is 5.60 Å². The third-order valence-corrected chi connectivity index (χ3v) is 4.93. The molecule has 1 saturated carbocycles. The van der Waals surface area contributed by atoms with Gasteiger partial charge in [0.1, 0.15) is 17.2 Å². The number of carbonyl (C=O) groups excluding carboxylic acids is 1. The van der Waals surface area contributed by atoms with Crippen LogP contribution in [0.15, 0.2) is 10.7 Å². The van der Waals surface area contributed by atoms with Gasteiger partial charge >= 0.3 is 6.09 Å². The molecule has 0 radical (unpaired) electrons. The van der Waals surface area contributed by atoms with Gasteiger partial charge in [-0.05, 0) is 56.5 Å². The van der Waals surface area contributed by atoms with Crippen LogP contribution in [0, 0.1) is 6.92 Å². The van der Waals surface area contributed by atoms with Gasteiger partial charge in [0, 0.05) is 19.8 Å². The van der Waals surface area contributed by atoms with Crippen molar-refractivity contribution in [3.63, 3.8) is 0 Å². The lowest BCUT2D eigenvalue weighted by molar-refractivity contribution is 0.0514. The van der Waals surface area contributed by atoms with E-state index in [-0.39, 0.29) is 11.6 Å². The van der Waals surface area contributed by atoms with E-state index in [2.05, 4.69) is 36.1 Å². The highest BCUT2D eigenvalue weighted by Crippen LogP contribution is 2.38. The molecule has 1 N–H and O–H groups in total. The molecule has 1 aromatic heterocycles. The van der Waals surface area contributed by atoms with Crippen LogP contribution in [0.3, 0.4) is 0 Å². The van der Waals surface area contributed by atoms with E-state index in [0.29, 0.717) is 6.54 Å². The topological polar surface area (TPSA) is 67.4 Å². The van der Waals surface area contributed by atoms with Crippen molar-refractivity contribution in [1.82, 2.24) is 15.3 Å². The van der Waals surface area contributed by atoms with Crippen molar-refractivity contribution in [3.05, 3.63) is 16.5 Å². The zero-order valence-corrected chi connectivity index (χ0v) is 16.7. The number of amides is 1. The summed E-state index contributed by atoms with van der Waals surface area (Å²) in [7, 11) is 2.04. The van der Waals surface area contributed by atoms with E-state index >= 15 is 0 Å². The molecule has 0 bridgehead atoms. The standard InChI is InChI=1S/C17H27BrN4O2/c1-12-19-10-13(18)14(21-12)22(5)17(8-6-7-9-17)11-20-15(23)24-16(2,3)4/h10H,6-9,11H2,1-5H3,(H,20,23). The summed E-state index contributed by atoms with van der Waals surface area (Å²) < 4.78 is 6.23. The van der Waals surface area contributed by atoms with Crippen LogP contribution in [0.1, 0.15) is 52.3 Å². The van der Waals surface area contributed by atoms with Gasteiger partial charge in [-0.25, -0.2) is 14.8 Å². The molecular weight excluding hydrogens is 372 g/mol. The van der Waals surface area contributed by atoms with Crippen LogP contribution in [-0.2, 0) is 4.74 Å². The number of hydrogen-bond acceptors (Lipinski definition) is 5. The average Bonchev–Trinajstić information content (AvgIpc) is 2.95. The molecule has 0 saturated heterocycles. The molecular formula is C17H27BrN4O2. The van der Waals surface area contributed by atoms with E-state index in [1.807, 2.05) is 34.7 Å². The maximum atomic E-state index is 12.1. The van der Waals surface area contributed by atoms with Crippen LogP contribution in [0.25, 0.3) is 0 Å². The Hall–Kier alpha value is -1.37. The molecule has 0 unspecified atom stereocenters. The second kappa shape index (κ2) is 7.25. The van der Waals surface area contributed by atoms with Crippen molar-refractivity contribution >= 4 is 27.8 Å². The van der Waals surface area contributed by atoms with Crippen LogP contribution < -0.4 is 10.2 Å². The summed E-state index contributed by atoms with van der Waals surface area (Å²) in [6.45, 7) is 8.01. The number of aryl methyl sites for hydroxylation is 1. The minimum Gasteiger partial charge on any atom is -0.444 e. The lowest BCUT2D eigenvalue weighted by Crippen LogP contribution is -2.53. The average molecular weight is 399 g/mol. The van der Waals surface area contributed by atoms with Gasteiger partial charge in [0.25, 0.3) is 0 Å². The zero-order chi connectivity index (χ0) is 18.0. The van der Waals surface area contributed by atoms with Crippen LogP contribution in [0.4, 0.5) is 10.6 Å². The number of carbonyl (C=O) groups is 1. The molecule has 2 rings (SSSR count). The number of hydrogen-bond donors (Lipinski definition) is 1. The second-order valence-corrected chi connectivity index (χ2v) is 8.29. The summed E-state index contributed by atoms with van der Waals surface area (Å²) >= 11 is 3.54. The molecule has 7 heteroatoms. The summed E-state index contributed by atoms with van der Waals surface area (Å²) in [4.78, 5) is 23.0. The molecule has 0 aliphatic heterocycles. The molecule has 0 aromatic carbocycles. The van der Waals surface area contributed by atoms with Crippen molar-refractivity contribution in [2.45, 2.75) is 64.5 Å². The number of likely N-dealkylation sites (N-methyl/N-ethyl adjacent to an activating group) is 1.